The molecule has 42 heavy (non-hydrogen) atoms. The van der Waals surface area contributed by atoms with E-state index >= 15 is 0 Å². The number of aryl methyl sites for hydroxylation is 2. The minimum atomic E-state index is -2.95. The minimum Gasteiger partial charge on any atom is -0.366 e. The molecule has 2 aliphatic heterocycles. The third-order valence-electron chi connectivity index (χ3n) is 8.52. The zero-order valence-electron chi connectivity index (χ0n) is 24.3. The van der Waals surface area contributed by atoms with Crippen LogP contribution >= 0.6 is 11.6 Å². The topological polar surface area (TPSA) is 93.5 Å². The molecule has 1 atom stereocenters. The molecule has 0 spiro atoms. The number of hydrogen-bond donors (Lipinski definition) is 1. The van der Waals surface area contributed by atoms with Crippen molar-refractivity contribution in [3.05, 3.63) is 75.6 Å². The van der Waals surface area contributed by atoms with E-state index in [-0.39, 0.29) is 13.3 Å². The van der Waals surface area contributed by atoms with Crippen LogP contribution in [0, 0.1) is 31.5 Å². The Morgan fingerprint density at radius 3 is 2.26 bits per heavy atom. The van der Waals surface area contributed by atoms with E-state index in [2.05, 4.69) is 39.7 Å². The molecule has 0 aliphatic carbocycles. The van der Waals surface area contributed by atoms with Crippen LogP contribution < -0.4 is 9.80 Å². The monoisotopic (exact) mass is 610 g/mol. The van der Waals surface area contributed by atoms with Gasteiger partial charge in [0, 0.05) is 63.5 Å². The lowest BCUT2D eigenvalue weighted by atomic mass is 9.84. The molecule has 10 heteroatoms. The standard InChI is InChI=1S/C31H39ClN6O2S.CH4/c1-21-19-22(2)28(23(3)25(21)20-24-9-13-37(14-10-24)29-26(32)7-5-11-34-29)31(39)38-17-15-36(16-18-38)27-8-6-12-35-30(27)41(4,33)40;/h5-8,11-12,19,24,33H,9-10,13-18,20H2,1-4H3;1H4/t41-;/m1./s1. The fraction of sp³-hybridized carbons (Fsp3) is 0.469. The predicted octanol–water partition coefficient (Wildman–Crippen LogP) is 6.15. The second kappa shape index (κ2) is 13.0. The van der Waals surface area contributed by atoms with E-state index in [1.807, 2.05) is 30.0 Å². The molecule has 0 bridgehead atoms. The number of aromatic nitrogens is 2. The van der Waals surface area contributed by atoms with Gasteiger partial charge >= 0.3 is 0 Å². The van der Waals surface area contributed by atoms with Crippen LogP contribution in [0.5, 0.6) is 0 Å². The Hall–Kier alpha value is -3.17. The van der Waals surface area contributed by atoms with Gasteiger partial charge in [-0.25, -0.2) is 19.0 Å². The number of anilines is 2. The smallest absolute Gasteiger partial charge is 0.254 e. The van der Waals surface area contributed by atoms with Crippen molar-refractivity contribution < 1.29 is 9.00 Å². The molecule has 8 nitrogen and oxygen atoms in total. The zero-order valence-corrected chi connectivity index (χ0v) is 25.9. The number of piperazine rings is 1. The highest BCUT2D eigenvalue weighted by Crippen LogP contribution is 2.32. The quantitative estimate of drug-likeness (QED) is 0.360. The van der Waals surface area contributed by atoms with Crippen molar-refractivity contribution in [2.45, 2.75) is 52.5 Å². The van der Waals surface area contributed by atoms with Gasteiger partial charge in [-0.1, -0.05) is 25.1 Å². The first kappa shape index (κ1) is 31.8. The van der Waals surface area contributed by atoms with Crippen molar-refractivity contribution in [2.75, 3.05) is 55.3 Å². The lowest BCUT2D eigenvalue weighted by molar-refractivity contribution is 0.0745. The summed E-state index contributed by atoms with van der Waals surface area (Å²) in [4.78, 5) is 28.9. The van der Waals surface area contributed by atoms with Gasteiger partial charge in [-0.3, -0.25) is 4.79 Å². The van der Waals surface area contributed by atoms with Crippen molar-refractivity contribution in [1.29, 1.82) is 4.78 Å². The van der Waals surface area contributed by atoms with Crippen LogP contribution in [0.1, 0.15) is 52.9 Å². The summed E-state index contributed by atoms with van der Waals surface area (Å²) in [6.07, 6.45) is 7.85. The van der Waals surface area contributed by atoms with Gasteiger partial charge in [0.15, 0.2) is 5.03 Å². The van der Waals surface area contributed by atoms with E-state index in [9.17, 15) is 9.00 Å². The molecular weight excluding hydrogens is 568 g/mol. The number of benzene rings is 1. The second-order valence-electron chi connectivity index (χ2n) is 11.4. The van der Waals surface area contributed by atoms with Gasteiger partial charge in [-0.05, 0) is 92.5 Å². The average Bonchev–Trinajstić information content (AvgIpc) is 2.95. The van der Waals surface area contributed by atoms with Gasteiger partial charge in [0.2, 0.25) is 0 Å². The van der Waals surface area contributed by atoms with Gasteiger partial charge in [0.25, 0.3) is 5.91 Å². The number of pyridine rings is 2. The van der Waals surface area contributed by atoms with Crippen LogP contribution in [0.3, 0.4) is 0 Å². The Bertz CT molecular complexity index is 1540. The number of carbonyl (C=O) groups is 1. The summed E-state index contributed by atoms with van der Waals surface area (Å²) in [5, 5.41) is 1.01. The van der Waals surface area contributed by atoms with E-state index in [0.29, 0.717) is 42.1 Å². The van der Waals surface area contributed by atoms with Crippen LogP contribution in [-0.4, -0.2) is 70.5 Å². The van der Waals surface area contributed by atoms with Crippen molar-refractivity contribution in [2.24, 2.45) is 5.92 Å². The van der Waals surface area contributed by atoms with Gasteiger partial charge < -0.3 is 14.7 Å². The number of nitrogens with zero attached hydrogens (tertiary/aromatic N) is 5. The SMILES string of the molecule is C.Cc1cc(C)c(C(=O)N2CCN(c3cccnc3[S@](C)(=N)=O)CC2)c(C)c1CC1CCN(c2ncccc2Cl)CC1. The Balaban J connectivity index is 0.00000405. The highest BCUT2D eigenvalue weighted by molar-refractivity contribution is 7.91. The Morgan fingerprint density at radius 2 is 1.62 bits per heavy atom. The summed E-state index contributed by atoms with van der Waals surface area (Å²) in [6, 6.07) is 9.60. The molecule has 4 heterocycles. The second-order valence-corrected chi connectivity index (χ2v) is 13.9. The number of amides is 1. The first-order chi connectivity index (χ1) is 19.5. The molecular formula is C32H43ClN6O2S. The average molecular weight is 611 g/mol. The summed E-state index contributed by atoms with van der Waals surface area (Å²) in [5.74, 6) is 1.48. The summed E-state index contributed by atoms with van der Waals surface area (Å²) in [6.45, 7) is 10.5. The largest absolute Gasteiger partial charge is 0.366 e. The minimum absolute atomic E-state index is 0. The van der Waals surface area contributed by atoms with Crippen LogP contribution in [0.2, 0.25) is 5.02 Å². The molecule has 0 radical (unpaired) electrons. The van der Waals surface area contributed by atoms with Gasteiger partial charge in [-0.2, -0.15) is 0 Å². The molecule has 2 aromatic heterocycles. The molecule has 2 fully saturated rings. The van der Waals surface area contributed by atoms with Crippen molar-refractivity contribution in [3.8, 4) is 0 Å². The van der Waals surface area contributed by atoms with Crippen molar-refractivity contribution >= 4 is 38.7 Å². The molecule has 2 saturated heterocycles. The molecule has 3 aromatic rings. The molecule has 1 aromatic carbocycles. The van der Waals surface area contributed by atoms with E-state index in [0.717, 1.165) is 60.5 Å². The number of carbonyl (C=O) groups excluding carboxylic acids is 1. The summed E-state index contributed by atoms with van der Waals surface area (Å²) >= 11 is 6.39. The summed E-state index contributed by atoms with van der Waals surface area (Å²) in [5.41, 5.74) is 6.20. The lowest BCUT2D eigenvalue weighted by Crippen LogP contribution is -2.49. The van der Waals surface area contributed by atoms with Gasteiger partial charge in [0.05, 0.1) is 20.4 Å². The van der Waals surface area contributed by atoms with Crippen LogP contribution in [0.15, 0.2) is 47.8 Å². The molecule has 0 unspecified atom stereocenters. The molecule has 1 amide bonds. The molecule has 226 valence electrons. The maximum absolute atomic E-state index is 13.9. The number of rotatable bonds is 6. The van der Waals surface area contributed by atoms with E-state index in [1.54, 1.807) is 18.5 Å². The Kier molecular flexibility index (Phi) is 9.83. The van der Waals surface area contributed by atoms with Gasteiger partial charge in [0.1, 0.15) is 5.82 Å². The third kappa shape index (κ3) is 6.57. The first-order valence-corrected chi connectivity index (χ1v) is 16.6. The van der Waals surface area contributed by atoms with Crippen molar-refractivity contribution in [1.82, 2.24) is 14.9 Å². The number of hydrogen-bond acceptors (Lipinski definition) is 7. The maximum atomic E-state index is 13.9. The highest BCUT2D eigenvalue weighted by atomic mass is 35.5. The fourth-order valence-electron chi connectivity index (χ4n) is 6.35. The predicted molar refractivity (Wildman–Crippen MR) is 173 cm³/mol. The Morgan fingerprint density at radius 1 is 0.976 bits per heavy atom. The first-order valence-electron chi connectivity index (χ1n) is 14.2. The van der Waals surface area contributed by atoms with Crippen LogP contribution in [0.4, 0.5) is 11.5 Å². The molecule has 5 rings (SSSR count). The van der Waals surface area contributed by atoms with Gasteiger partial charge in [-0.15, -0.1) is 0 Å². The third-order valence-corrected chi connectivity index (χ3v) is 9.87. The molecule has 0 saturated carbocycles. The number of piperidine rings is 1. The Labute approximate surface area is 256 Å². The van der Waals surface area contributed by atoms with Crippen molar-refractivity contribution in [3.63, 3.8) is 0 Å². The van der Waals surface area contributed by atoms with E-state index in [1.165, 1.54) is 17.4 Å². The fourth-order valence-corrected chi connectivity index (χ4v) is 7.45. The number of halogens is 1. The normalized spacial score (nSPS) is 17.5. The summed E-state index contributed by atoms with van der Waals surface area (Å²) < 4.78 is 20.5. The lowest BCUT2D eigenvalue weighted by Gasteiger charge is -2.37. The van der Waals surface area contributed by atoms with Crippen LogP contribution in [-0.2, 0) is 16.1 Å². The molecule has 1 N–H and O–H groups in total. The maximum Gasteiger partial charge on any atom is 0.254 e. The summed E-state index contributed by atoms with van der Waals surface area (Å²) in [7, 11) is -2.95. The highest BCUT2D eigenvalue weighted by Gasteiger charge is 2.29. The van der Waals surface area contributed by atoms with E-state index in [4.69, 9.17) is 16.4 Å². The van der Waals surface area contributed by atoms with E-state index < -0.39 is 9.73 Å². The molecule has 2 aliphatic rings. The number of nitrogens with one attached hydrogen (secondary N) is 1. The van der Waals surface area contributed by atoms with Crippen LogP contribution in [0.25, 0.3) is 0 Å². The zero-order chi connectivity index (χ0) is 29.3.